The summed E-state index contributed by atoms with van der Waals surface area (Å²) in [6, 6.07) is 10.1. The van der Waals surface area contributed by atoms with Gasteiger partial charge in [0.2, 0.25) is 0 Å². The molecular formula is C12H14O. The third-order valence-electron chi connectivity index (χ3n) is 2.69. The number of hydrogen-bond donors (Lipinski definition) is 0. The summed E-state index contributed by atoms with van der Waals surface area (Å²) in [5.41, 5.74) is 1.19. The normalized spacial score (nSPS) is 18.2. The van der Waals surface area contributed by atoms with E-state index in [4.69, 9.17) is 0 Å². The van der Waals surface area contributed by atoms with Gasteiger partial charge in [0.15, 0.2) is 0 Å². The van der Waals surface area contributed by atoms with Gasteiger partial charge in [0.1, 0.15) is 5.78 Å². The lowest BCUT2D eigenvalue weighted by molar-refractivity contribution is -0.118. The number of rotatable bonds is 3. The first-order chi connectivity index (χ1) is 6.29. The molecule has 0 N–H and O–H groups in total. The number of Topliss-reactive ketones (excluding diaryl/α,β-unsaturated/α-hetero) is 1. The van der Waals surface area contributed by atoms with Crippen LogP contribution < -0.4 is 0 Å². The van der Waals surface area contributed by atoms with Gasteiger partial charge < -0.3 is 0 Å². The minimum absolute atomic E-state index is 0.168. The second-order valence-corrected chi connectivity index (χ2v) is 3.84. The van der Waals surface area contributed by atoms with Crippen LogP contribution in [0.25, 0.3) is 0 Å². The fourth-order valence-electron chi connectivity index (χ4n) is 1.93. The molecule has 0 spiro atoms. The summed E-state index contributed by atoms with van der Waals surface area (Å²) in [5, 5.41) is 0. The second kappa shape index (κ2) is 3.33. The van der Waals surface area contributed by atoms with E-state index in [1.807, 2.05) is 18.2 Å². The molecule has 0 bridgehead atoms. The van der Waals surface area contributed by atoms with E-state index in [0.717, 1.165) is 0 Å². The van der Waals surface area contributed by atoms with Crippen molar-refractivity contribution in [3.8, 4) is 0 Å². The third kappa shape index (κ3) is 1.80. The Morgan fingerprint density at radius 1 is 1.31 bits per heavy atom. The van der Waals surface area contributed by atoms with Gasteiger partial charge >= 0.3 is 0 Å². The molecule has 1 unspecified atom stereocenters. The highest BCUT2D eigenvalue weighted by molar-refractivity contribution is 5.84. The maximum atomic E-state index is 11.4. The molecule has 0 saturated heterocycles. The van der Waals surface area contributed by atoms with E-state index in [2.05, 4.69) is 12.1 Å². The minimum atomic E-state index is 0.168. The SMILES string of the molecule is CC(=O)C(c1ccccc1)C1CC1. The molecule has 1 aliphatic carbocycles. The molecule has 0 amide bonds. The number of hydrogen-bond acceptors (Lipinski definition) is 1. The molecule has 1 saturated carbocycles. The van der Waals surface area contributed by atoms with Crippen LogP contribution in [0.4, 0.5) is 0 Å². The zero-order valence-corrected chi connectivity index (χ0v) is 7.86. The molecule has 0 aliphatic heterocycles. The van der Waals surface area contributed by atoms with Crippen LogP contribution in [-0.2, 0) is 4.79 Å². The van der Waals surface area contributed by atoms with Gasteiger partial charge in [-0.05, 0) is 31.2 Å². The molecule has 13 heavy (non-hydrogen) atoms. The monoisotopic (exact) mass is 174 g/mol. The Morgan fingerprint density at radius 3 is 2.38 bits per heavy atom. The average molecular weight is 174 g/mol. The van der Waals surface area contributed by atoms with Crippen molar-refractivity contribution in [2.45, 2.75) is 25.7 Å². The number of benzene rings is 1. The van der Waals surface area contributed by atoms with Crippen molar-refractivity contribution in [2.24, 2.45) is 5.92 Å². The standard InChI is InChI=1S/C12H14O/c1-9(13)12(11-7-8-11)10-5-3-2-4-6-10/h2-6,11-12H,7-8H2,1H3. The lowest BCUT2D eigenvalue weighted by atomic mass is 9.91. The van der Waals surface area contributed by atoms with E-state index in [-0.39, 0.29) is 5.92 Å². The van der Waals surface area contributed by atoms with E-state index in [9.17, 15) is 4.79 Å². The lowest BCUT2D eigenvalue weighted by Gasteiger charge is -2.12. The molecule has 0 heterocycles. The van der Waals surface area contributed by atoms with Crippen molar-refractivity contribution in [1.82, 2.24) is 0 Å². The molecule has 1 aromatic rings. The first-order valence-electron chi connectivity index (χ1n) is 4.84. The van der Waals surface area contributed by atoms with Crippen LogP contribution >= 0.6 is 0 Å². The summed E-state index contributed by atoms with van der Waals surface area (Å²) < 4.78 is 0. The van der Waals surface area contributed by atoms with Crippen LogP contribution in [-0.4, -0.2) is 5.78 Å². The molecule has 1 heteroatoms. The topological polar surface area (TPSA) is 17.1 Å². The summed E-state index contributed by atoms with van der Waals surface area (Å²) in [6.45, 7) is 1.70. The van der Waals surface area contributed by atoms with Gasteiger partial charge in [0, 0.05) is 5.92 Å². The molecule has 1 aromatic carbocycles. The molecule has 1 atom stereocenters. The van der Waals surface area contributed by atoms with E-state index < -0.39 is 0 Å². The first-order valence-corrected chi connectivity index (χ1v) is 4.84. The maximum absolute atomic E-state index is 11.4. The van der Waals surface area contributed by atoms with E-state index in [0.29, 0.717) is 11.7 Å². The van der Waals surface area contributed by atoms with Crippen LogP contribution in [0.1, 0.15) is 31.2 Å². The Kier molecular flexibility index (Phi) is 2.17. The number of carbonyl (C=O) groups excluding carboxylic acids is 1. The maximum Gasteiger partial charge on any atom is 0.137 e. The zero-order chi connectivity index (χ0) is 9.26. The summed E-state index contributed by atoms with van der Waals surface area (Å²) in [5.74, 6) is 1.11. The van der Waals surface area contributed by atoms with Crippen LogP contribution in [0.3, 0.4) is 0 Å². The van der Waals surface area contributed by atoms with E-state index >= 15 is 0 Å². The van der Waals surface area contributed by atoms with Crippen LogP contribution in [0.5, 0.6) is 0 Å². The predicted molar refractivity (Wildman–Crippen MR) is 52.6 cm³/mol. The average Bonchev–Trinajstić information content (AvgIpc) is 2.90. The fourth-order valence-corrected chi connectivity index (χ4v) is 1.93. The van der Waals surface area contributed by atoms with E-state index in [1.54, 1.807) is 6.92 Å². The summed E-state index contributed by atoms with van der Waals surface area (Å²) in [4.78, 5) is 11.4. The molecule has 0 radical (unpaired) electrons. The Hall–Kier alpha value is -1.11. The van der Waals surface area contributed by atoms with Gasteiger partial charge in [-0.3, -0.25) is 4.79 Å². The second-order valence-electron chi connectivity index (χ2n) is 3.84. The largest absolute Gasteiger partial charge is 0.299 e. The van der Waals surface area contributed by atoms with Crippen LogP contribution in [0.2, 0.25) is 0 Å². The molecular weight excluding hydrogens is 160 g/mol. The van der Waals surface area contributed by atoms with Gasteiger partial charge in [-0.15, -0.1) is 0 Å². The Morgan fingerprint density at radius 2 is 1.92 bits per heavy atom. The van der Waals surface area contributed by atoms with Crippen molar-refractivity contribution in [1.29, 1.82) is 0 Å². The zero-order valence-electron chi connectivity index (χ0n) is 7.86. The summed E-state index contributed by atoms with van der Waals surface area (Å²) in [7, 11) is 0. The number of carbonyl (C=O) groups is 1. The Balaban J connectivity index is 2.25. The van der Waals surface area contributed by atoms with Crippen molar-refractivity contribution in [3.05, 3.63) is 35.9 Å². The summed E-state index contributed by atoms with van der Waals surface area (Å²) >= 11 is 0. The molecule has 0 aromatic heterocycles. The quantitative estimate of drug-likeness (QED) is 0.688. The Labute approximate surface area is 78.8 Å². The first kappa shape index (κ1) is 8.49. The van der Waals surface area contributed by atoms with Crippen molar-refractivity contribution in [3.63, 3.8) is 0 Å². The molecule has 2 rings (SSSR count). The smallest absolute Gasteiger partial charge is 0.137 e. The van der Waals surface area contributed by atoms with Gasteiger partial charge in [0.25, 0.3) is 0 Å². The van der Waals surface area contributed by atoms with Gasteiger partial charge in [0.05, 0.1) is 0 Å². The van der Waals surface area contributed by atoms with E-state index in [1.165, 1.54) is 18.4 Å². The molecule has 68 valence electrons. The predicted octanol–water partition coefficient (Wildman–Crippen LogP) is 2.77. The fraction of sp³-hybridized carbons (Fsp3) is 0.417. The van der Waals surface area contributed by atoms with Gasteiger partial charge in [-0.2, -0.15) is 0 Å². The molecule has 1 aliphatic rings. The van der Waals surface area contributed by atoms with Crippen molar-refractivity contribution in [2.75, 3.05) is 0 Å². The number of ketones is 1. The third-order valence-corrected chi connectivity index (χ3v) is 2.69. The minimum Gasteiger partial charge on any atom is -0.299 e. The van der Waals surface area contributed by atoms with Crippen molar-refractivity contribution >= 4 is 5.78 Å². The van der Waals surface area contributed by atoms with Crippen LogP contribution in [0, 0.1) is 5.92 Å². The van der Waals surface area contributed by atoms with Crippen LogP contribution in [0.15, 0.2) is 30.3 Å². The van der Waals surface area contributed by atoms with Gasteiger partial charge in [-0.25, -0.2) is 0 Å². The summed E-state index contributed by atoms with van der Waals surface area (Å²) in [6.07, 6.45) is 2.44. The highest BCUT2D eigenvalue weighted by atomic mass is 16.1. The van der Waals surface area contributed by atoms with Gasteiger partial charge in [-0.1, -0.05) is 30.3 Å². The van der Waals surface area contributed by atoms with Crippen molar-refractivity contribution < 1.29 is 4.79 Å². The highest BCUT2D eigenvalue weighted by Gasteiger charge is 2.34. The highest BCUT2D eigenvalue weighted by Crippen LogP contribution is 2.42. The Bertz CT molecular complexity index is 298. The lowest BCUT2D eigenvalue weighted by Crippen LogP contribution is -2.10. The molecule has 1 nitrogen and oxygen atoms in total. The molecule has 1 fully saturated rings.